The SMILES string of the molecule is NCC1(C2(O)CCN(Cc3ccccc3)CC2)CC1. The Morgan fingerprint density at radius 2 is 1.68 bits per heavy atom. The fourth-order valence-electron chi connectivity index (χ4n) is 3.46. The second-order valence-corrected chi connectivity index (χ2v) is 6.28. The molecule has 19 heavy (non-hydrogen) atoms. The Morgan fingerprint density at radius 3 is 2.21 bits per heavy atom. The maximum atomic E-state index is 10.8. The van der Waals surface area contributed by atoms with E-state index >= 15 is 0 Å². The zero-order chi connectivity index (χ0) is 13.3. The van der Waals surface area contributed by atoms with Crippen LogP contribution in [0.2, 0.25) is 0 Å². The molecule has 0 atom stereocenters. The molecule has 0 radical (unpaired) electrons. The van der Waals surface area contributed by atoms with Crippen molar-refractivity contribution < 1.29 is 5.11 Å². The molecule has 3 N–H and O–H groups in total. The Hall–Kier alpha value is -0.900. The summed E-state index contributed by atoms with van der Waals surface area (Å²) in [5.74, 6) is 0. The van der Waals surface area contributed by atoms with Crippen LogP contribution in [-0.4, -0.2) is 35.2 Å². The summed E-state index contributed by atoms with van der Waals surface area (Å²) >= 11 is 0. The van der Waals surface area contributed by atoms with E-state index < -0.39 is 5.60 Å². The number of benzene rings is 1. The molecule has 2 aliphatic rings. The van der Waals surface area contributed by atoms with Gasteiger partial charge >= 0.3 is 0 Å². The molecule has 1 aliphatic carbocycles. The van der Waals surface area contributed by atoms with E-state index in [9.17, 15) is 5.11 Å². The van der Waals surface area contributed by atoms with Crippen molar-refractivity contribution in [2.24, 2.45) is 11.1 Å². The predicted octanol–water partition coefficient (Wildman–Crippen LogP) is 1.75. The monoisotopic (exact) mass is 260 g/mol. The molecule has 0 bridgehead atoms. The molecule has 0 amide bonds. The van der Waals surface area contributed by atoms with Gasteiger partial charge in [0.05, 0.1) is 5.60 Å². The van der Waals surface area contributed by atoms with Crippen molar-refractivity contribution >= 4 is 0 Å². The van der Waals surface area contributed by atoms with Gasteiger partial charge in [-0.15, -0.1) is 0 Å². The van der Waals surface area contributed by atoms with Gasteiger partial charge < -0.3 is 10.8 Å². The lowest BCUT2D eigenvalue weighted by atomic mass is 9.76. The molecule has 1 saturated carbocycles. The Bertz CT molecular complexity index is 420. The molecule has 2 fully saturated rings. The van der Waals surface area contributed by atoms with Crippen LogP contribution in [0.1, 0.15) is 31.2 Å². The molecular formula is C16H24N2O. The number of nitrogens with zero attached hydrogens (tertiary/aromatic N) is 1. The lowest BCUT2D eigenvalue weighted by Crippen LogP contribution is -2.51. The number of hydrogen-bond acceptors (Lipinski definition) is 3. The van der Waals surface area contributed by atoms with Gasteiger partial charge in [0.15, 0.2) is 0 Å². The van der Waals surface area contributed by atoms with Crippen LogP contribution in [0.5, 0.6) is 0 Å². The summed E-state index contributed by atoms with van der Waals surface area (Å²) in [6.07, 6.45) is 3.96. The molecule has 1 heterocycles. The fourth-order valence-corrected chi connectivity index (χ4v) is 3.46. The predicted molar refractivity (Wildman–Crippen MR) is 76.6 cm³/mol. The van der Waals surface area contributed by atoms with E-state index in [2.05, 4.69) is 35.2 Å². The van der Waals surface area contributed by atoms with E-state index in [4.69, 9.17) is 5.73 Å². The first kappa shape index (κ1) is 13.1. The van der Waals surface area contributed by atoms with Crippen LogP contribution < -0.4 is 5.73 Å². The number of piperidine rings is 1. The van der Waals surface area contributed by atoms with Gasteiger partial charge in [0.1, 0.15) is 0 Å². The summed E-state index contributed by atoms with van der Waals surface area (Å²) in [7, 11) is 0. The van der Waals surface area contributed by atoms with E-state index in [1.165, 1.54) is 5.56 Å². The second-order valence-electron chi connectivity index (χ2n) is 6.28. The zero-order valence-electron chi connectivity index (χ0n) is 11.5. The number of hydrogen-bond donors (Lipinski definition) is 2. The van der Waals surface area contributed by atoms with Crippen LogP contribution in [0.4, 0.5) is 0 Å². The summed E-state index contributed by atoms with van der Waals surface area (Å²) < 4.78 is 0. The third-order valence-electron chi connectivity index (χ3n) is 5.16. The van der Waals surface area contributed by atoms with Crippen molar-refractivity contribution in [2.45, 2.75) is 37.8 Å². The number of nitrogens with two attached hydrogens (primary N) is 1. The van der Waals surface area contributed by atoms with Crippen LogP contribution >= 0.6 is 0 Å². The van der Waals surface area contributed by atoms with Gasteiger partial charge in [-0.2, -0.15) is 0 Å². The highest BCUT2D eigenvalue weighted by Crippen LogP contribution is 2.56. The normalized spacial score (nSPS) is 25.2. The third-order valence-corrected chi connectivity index (χ3v) is 5.16. The van der Waals surface area contributed by atoms with E-state index in [0.29, 0.717) is 6.54 Å². The Labute approximate surface area is 115 Å². The summed E-state index contributed by atoms with van der Waals surface area (Å²) in [5, 5.41) is 10.8. The molecule has 3 nitrogen and oxygen atoms in total. The van der Waals surface area contributed by atoms with Gasteiger partial charge in [-0.1, -0.05) is 30.3 Å². The average molecular weight is 260 g/mol. The lowest BCUT2D eigenvalue weighted by molar-refractivity contribution is -0.0773. The van der Waals surface area contributed by atoms with Crippen LogP contribution in [-0.2, 0) is 6.54 Å². The first-order valence-electron chi connectivity index (χ1n) is 7.36. The van der Waals surface area contributed by atoms with Gasteiger partial charge in [-0.3, -0.25) is 4.90 Å². The average Bonchev–Trinajstić information content (AvgIpc) is 3.24. The molecule has 1 aromatic carbocycles. The van der Waals surface area contributed by atoms with Crippen molar-refractivity contribution in [1.29, 1.82) is 0 Å². The molecule has 1 aromatic rings. The maximum Gasteiger partial charge on any atom is 0.0740 e. The van der Waals surface area contributed by atoms with E-state index in [-0.39, 0.29) is 5.41 Å². The van der Waals surface area contributed by atoms with Crippen molar-refractivity contribution in [3.8, 4) is 0 Å². The van der Waals surface area contributed by atoms with Crippen molar-refractivity contribution in [3.63, 3.8) is 0 Å². The summed E-state index contributed by atoms with van der Waals surface area (Å²) in [6, 6.07) is 10.6. The quantitative estimate of drug-likeness (QED) is 0.867. The molecule has 3 heteroatoms. The van der Waals surface area contributed by atoms with Gasteiger partial charge in [-0.25, -0.2) is 0 Å². The Balaban J connectivity index is 1.58. The molecular weight excluding hydrogens is 236 g/mol. The van der Waals surface area contributed by atoms with Gasteiger partial charge in [0, 0.05) is 31.6 Å². The van der Waals surface area contributed by atoms with Gasteiger partial charge in [0.2, 0.25) is 0 Å². The van der Waals surface area contributed by atoms with Crippen LogP contribution in [0.25, 0.3) is 0 Å². The molecule has 1 aliphatic heterocycles. The summed E-state index contributed by atoms with van der Waals surface area (Å²) in [6.45, 7) is 3.59. The number of likely N-dealkylation sites (tertiary alicyclic amines) is 1. The van der Waals surface area contributed by atoms with Crippen molar-refractivity contribution in [3.05, 3.63) is 35.9 Å². The summed E-state index contributed by atoms with van der Waals surface area (Å²) in [4.78, 5) is 2.44. The minimum absolute atomic E-state index is 0.0475. The molecule has 0 aromatic heterocycles. The van der Waals surface area contributed by atoms with Gasteiger partial charge in [-0.05, 0) is 31.2 Å². The second kappa shape index (κ2) is 4.89. The van der Waals surface area contributed by atoms with E-state index in [1.807, 2.05) is 0 Å². The molecule has 0 unspecified atom stereocenters. The Morgan fingerprint density at radius 1 is 1.05 bits per heavy atom. The van der Waals surface area contributed by atoms with Crippen LogP contribution in [0, 0.1) is 5.41 Å². The first-order chi connectivity index (χ1) is 9.17. The highest BCUT2D eigenvalue weighted by atomic mass is 16.3. The standard InChI is InChI=1S/C16H24N2O/c17-13-15(6-7-15)16(19)8-10-18(11-9-16)12-14-4-2-1-3-5-14/h1-5,19H,6-13,17H2. The summed E-state index contributed by atoms with van der Waals surface area (Å²) in [5.41, 5.74) is 6.77. The van der Waals surface area contributed by atoms with E-state index in [1.54, 1.807) is 0 Å². The van der Waals surface area contributed by atoms with Crippen molar-refractivity contribution in [1.82, 2.24) is 4.90 Å². The highest BCUT2D eigenvalue weighted by Gasteiger charge is 2.57. The minimum Gasteiger partial charge on any atom is -0.389 e. The first-order valence-corrected chi connectivity index (χ1v) is 7.36. The minimum atomic E-state index is -0.505. The van der Waals surface area contributed by atoms with Crippen molar-refractivity contribution in [2.75, 3.05) is 19.6 Å². The van der Waals surface area contributed by atoms with Gasteiger partial charge in [0.25, 0.3) is 0 Å². The highest BCUT2D eigenvalue weighted by molar-refractivity contribution is 5.15. The number of rotatable bonds is 4. The van der Waals surface area contributed by atoms with Crippen LogP contribution in [0.15, 0.2) is 30.3 Å². The third kappa shape index (κ3) is 2.42. The number of aliphatic hydroxyl groups is 1. The fraction of sp³-hybridized carbons (Fsp3) is 0.625. The van der Waals surface area contributed by atoms with E-state index in [0.717, 1.165) is 45.3 Å². The Kier molecular flexibility index (Phi) is 3.37. The molecule has 0 spiro atoms. The molecule has 104 valence electrons. The van der Waals surface area contributed by atoms with Crippen LogP contribution in [0.3, 0.4) is 0 Å². The largest absolute Gasteiger partial charge is 0.389 e. The maximum absolute atomic E-state index is 10.8. The topological polar surface area (TPSA) is 49.5 Å². The molecule has 1 saturated heterocycles. The molecule has 3 rings (SSSR count). The smallest absolute Gasteiger partial charge is 0.0740 e. The zero-order valence-corrected chi connectivity index (χ0v) is 11.5. The lowest BCUT2D eigenvalue weighted by Gasteiger charge is -2.43.